The Bertz CT molecular complexity index is 873. The van der Waals surface area contributed by atoms with Crippen LogP contribution in [0.4, 0.5) is 0 Å². The van der Waals surface area contributed by atoms with Crippen molar-refractivity contribution in [3.8, 4) is 17.1 Å². The van der Waals surface area contributed by atoms with Gasteiger partial charge in [0.05, 0.1) is 30.2 Å². The summed E-state index contributed by atoms with van der Waals surface area (Å²) in [7, 11) is 1.67. The molecule has 2 N–H and O–H groups in total. The molecule has 3 heterocycles. The molecule has 1 saturated heterocycles. The standard InChI is InChI=1S/C22H26N4O/c1-27-20-13-22(24-15-20)21-8-7-19(25-21)14-23-18-9-11-26(12-10-18)16-17-5-3-2-4-6-17/h2-8,13-15,18,24-25H,9-12,16H2,1H3. The second-order valence-electron chi connectivity index (χ2n) is 7.05. The molecule has 0 unspecified atom stereocenters. The molecule has 140 valence electrons. The topological polar surface area (TPSA) is 56.4 Å². The summed E-state index contributed by atoms with van der Waals surface area (Å²) in [6, 6.07) is 17.2. The van der Waals surface area contributed by atoms with Gasteiger partial charge in [0.25, 0.3) is 0 Å². The zero-order valence-electron chi connectivity index (χ0n) is 15.7. The lowest BCUT2D eigenvalue weighted by Crippen LogP contribution is -2.34. The SMILES string of the molecule is COc1c[nH]c(-c2ccc(C=NC3CCN(Cc4ccccc4)CC3)[nH]2)c1. The zero-order valence-corrected chi connectivity index (χ0v) is 15.7. The van der Waals surface area contributed by atoms with Gasteiger partial charge in [-0.3, -0.25) is 9.89 Å². The van der Waals surface area contributed by atoms with Crippen molar-refractivity contribution in [1.82, 2.24) is 14.9 Å². The molecule has 1 aliphatic rings. The van der Waals surface area contributed by atoms with Crippen LogP contribution in [0.3, 0.4) is 0 Å². The number of ether oxygens (including phenoxy) is 1. The van der Waals surface area contributed by atoms with E-state index in [4.69, 9.17) is 9.73 Å². The van der Waals surface area contributed by atoms with Gasteiger partial charge >= 0.3 is 0 Å². The van der Waals surface area contributed by atoms with Crippen LogP contribution in [-0.2, 0) is 6.54 Å². The van der Waals surface area contributed by atoms with Crippen LogP contribution in [-0.4, -0.2) is 47.3 Å². The van der Waals surface area contributed by atoms with Crippen molar-refractivity contribution in [2.24, 2.45) is 4.99 Å². The number of aromatic nitrogens is 2. The molecule has 2 aromatic heterocycles. The van der Waals surface area contributed by atoms with Crippen LogP contribution >= 0.6 is 0 Å². The first-order chi connectivity index (χ1) is 13.3. The molecule has 0 aliphatic carbocycles. The first-order valence-corrected chi connectivity index (χ1v) is 9.51. The number of rotatable bonds is 6. The van der Waals surface area contributed by atoms with Crippen molar-refractivity contribution in [3.63, 3.8) is 0 Å². The van der Waals surface area contributed by atoms with Crippen LogP contribution in [0, 0.1) is 0 Å². The van der Waals surface area contributed by atoms with Gasteiger partial charge in [0, 0.05) is 38.1 Å². The first kappa shape index (κ1) is 17.6. The monoisotopic (exact) mass is 362 g/mol. The second-order valence-corrected chi connectivity index (χ2v) is 7.05. The fourth-order valence-corrected chi connectivity index (χ4v) is 3.55. The number of nitrogens with one attached hydrogen (secondary N) is 2. The maximum Gasteiger partial charge on any atom is 0.136 e. The predicted molar refractivity (Wildman–Crippen MR) is 109 cm³/mol. The fourth-order valence-electron chi connectivity index (χ4n) is 3.55. The smallest absolute Gasteiger partial charge is 0.136 e. The molecule has 1 fully saturated rings. The summed E-state index contributed by atoms with van der Waals surface area (Å²) >= 11 is 0. The minimum absolute atomic E-state index is 0.411. The van der Waals surface area contributed by atoms with Crippen molar-refractivity contribution >= 4 is 6.21 Å². The summed E-state index contributed by atoms with van der Waals surface area (Å²) in [6.07, 6.45) is 6.06. The number of likely N-dealkylation sites (tertiary alicyclic amines) is 1. The Balaban J connectivity index is 1.29. The third-order valence-electron chi connectivity index (χ3n) is 5.12. The highest BCUT2D eigenvalue weighted by molar-refractivity contribution is 5.79. The molecule has 0 saturated carbocycles. The number of hydrogen-bond acceptors (Lipinski definition) is 3. The van der Waals surface area contributed by atoms with Crippen LogP contribution < -0.4 is 4.74 Å². The lowest BCUT2D eigenvalue weighted by Gasteiger charge is -2.30. The van der Waals surface area contributed by atoms with Crippen LogP contribution in [0.15, 0.2) is 59.7 Å². The Hall–Kier alpha value is -2.79. The Labute approximate surface area is 160 Å². The van der Waals surface area contributed by atoms with Crippen LogP contribution in [0.2, 0.25) is 0 Å². The first-order valence-electron chi connectivity index (χ1n) is 9.51. The normalized spacial score (nSPS) is 16.2. The molecule has 3 aromatic rings. The molecule has 0 spiro atoms. The average Bonchev–Trinajstić information content (AvgIpc) is 3.37. The van der Waals surface area contributed by atoms with E-state index in [2.05, 4.69) is 57.3 Å². The number of aliphatic imine (C=N–C) groups is 1. The van der Waals surface area contributed by atoms with Crippen LogP contribution in [0.25, 0.3) is 11.4 Å². The van der Waals surface area contributed by atoms with E-state index in [1.54, 1.807) is 7.11 Å². The van der Waals surface area contributed by atoms with Gasteiger partial charge in [0.15, 0.2) is 0 Å². The molecule has 0 radical (unpaired) electrons. The average molecular weight is 362 g/mol. The molecule has 1 aliphatic heterocycles. The van der Waals surface area contributed by atoms with Crippen LogP contribution in [0.1, 0.15) is 24.1 Å². The number of nitrogens with zero attached hydrogens (tertiary/aromatic N) is 2. The number of piperidine rings is 1. The van der Waals surface area contributed by atoms with Crippen molar-refractivity contribution in [1.29, 1.82) is 0 Å². The summed E-state index contributed by atoms with van der Waals surface area (Å²) in [6.45, 7) is 3.25. The van der Waals surface area contributed by atoms with E-state index in [0.29, 0.717) is 6.04 Å². The highest BCUT2D eigenvalue weighted by Crippen LogP contribution is 2.22. The highest BCUT2D eigenvalue weighted by atomic mass is 16.5. The van der Waals surface area contributed by atoms with Gasteiger partial charge < -0.3 is 14.7 Å². The quantitative estimate of drug-likeness (QED) is 0.649. The van der Waals surface area contributed by atoms with E-state index in [0.717, 1.165) is 55.3 Å². The van der Waals surface area contributed by atoms with E-state index in [-0.39, 0.29) is 0 Å². The van der Waals surface area contributed by atoms with Gasteiger partial charge in [-0.1, -0.05) is 30.3 Å². The predicted octanol–water partition coefficient (Wildman–Crippen LogP) is 4.10. The summed E-state index contributed by atoms with van der Waals surface area (Å²) in [5, 5.41) is 0. The third kappa shape index (κ3) is 4.49. The molecule has 4 rings (SSSR count). The Kier molecular flexibility index (Phi) is 5.39. The lowest BCUT2D eigenvalue weighted by molar-refractivity contribution is 0.206. The Morgan fingerprint density at radius 3 is 2.67 bits per heavy atom. The largest absolute Gasteiger partial charge is 0.495 e. The lowest BCUT2D eigenvalue weighted by atomic mass is 10.0. The molecule has 5 nitrogen and oxygen atoms in total. The van der Waals surface area contributed by atoms with Crippen molar-refractivity contribution in [2.45, 2.75) is 25.4 Å². The highest BCUT2D eigenvalue weighted by Gasteiger charge is 2.18. The van der Waals surface area contributed by atoms with E-state index >= 15 is 0 Å². The molecule has 5 heteroatoms. The number of methoxy groups -OCH3 is 1. The number of benzene rings is 1. The van der Waals surface area contributed by atoms with E-state index in [9.17, 15) is 0 Å². The Morgan fingerprint density at radius 2 is 1.93 bits per heavy atom. The zero-order chi connectivity index (χ0) is 18.5. The van der Waals surface area contributed by atoms with Crippen molar-refractivity contribution in [2.75, 3.05) is 20.2 Å². The summed E-state index contributed by atoms with van der Waals surface area (Å²) in [5.41, 5.74) is 4.47. The van der Waals surface area contributed by atoms with Gasteiger partial charge in [-0.15, -0.1) is 0 Å². The minimum atomic E-state index is 0.411. The van der Waals surface area contributed by atoms with Gasteiger partial charge in [-0.05, 0) is 30.5 Å². The number of H-pyrrole nitrogens is 2. The number of hydrogen-bond donors (Lipinski definition) is 2. The summed E-state index contributed by atoms with van der Waals surface area (Å²) < 4.78 is 5.22. The van der Waals surface area contributed by atoms with Gasteiger partial charge in [-0.25, -0.2) is 0 Å². The molecule has 0 amide bonds. The van der Waals surface area contributed by atoms with Gasteiger partial charge in [-0.2, -0.15) is 0 Å². The molecule has 1 aromatic carbocycles. The van der Waals surface area contributed by atoms with Gasteiger partial charge in [0.2, 0.25) is 0 Å². The second kappa shape index (κ2) is 8.27. The maximum atomic E-state index is 5.22. The van der Waals surface area contributed by atoms with E-state index in [1.165, 1.54) is 5.56 Å². The minimum Gasteiger partial charge on any atom is -0.495 e. The van der Waals surface area contributed by atoms with Crippen molar-refractivity contribution < 1.29 is 4.74 Å². The maximum absolute atomic E-state index is 5.22. The summed E-state index contributed by atoms with van der Waals surface area (Å²) in [5.74, 6) is 0.831. The van der Waals surface area contributed by atoms with E-state index in [1.807, 2.05) is 18.5 Å². The van der Waals surface area contributed by atoms with Gasteiger partial charge in [0.1, 0.15) is 5.75 Å². The van der Waals surface area contributed by atoms with Crippen molar-refractivity contribution in [3.05, 3.63) is 66.0 Å². The van der Waals surface area contributed by atoms with E-state index < -0.39 is 0 Å². The number of aromatic amines is 2. The summed E-state index contributed by atoms with van der Waals surface area (Å²) in [4.78, 5) is 13.9. The fraction of sp³-hybridized carbons (Fsp3) is 0.318. The molecule has 0 bridgehead atoms. The molecule has 0 atom stereocenters. The third-order valence-corrected chi connectivity index (χ3v) is 5.12. The van der Waals surface area contributed by atoms with Crippen LogP contribution in [0.5, 0.6) is 5.75 Å². The molecular formula is C22H26N4O. The molecule has 27 heavy (non-hydrogen) atoms. The molecular weight excluding hydrogens is 336 g/mol. The Morgan fingerprint density at radius 1 is 1.11 bits per heavy atom.